The summed E-state index contributed by atoms with van der Waals surface area (Å²) in [6.07, 6.45) is 0. The molecular weight excluding hydrogens is 204 g/mol. The molecule has 0 saturated heterocycles. The van der Waals surface area contributed by atoms with Crippen LogP contribution in [0.15, 0.2) is 6.07 Å². The molecule has 0 amide bonds. The lowest BCUT2D eigenvalue weighted by Crippen LogP contribution is -2.13. The number of nitrogens with zero attached hydrogens (tertiary/aromatic N) is 2. The van der Waals surface area contributed by atoms with Crippen molar-refractivity contribution in [2.75, 3.05) is 24.3 Å². The maximum atomic E-state index is 5.30. The second-order valence-electron chi connectivity index (χ2n) is 3.74. The van der Waals surface area contributed by atoms with E-state index < -0.39 is 0 Å². The van der Waals surface area contributed by atoms with E-state index in [0.29, 0.717) is 25.1 Å². The van der Waals surface area contributed by atoms with Crippen molar-refractivity contribution in [2.45, 2.75) is 33.4 Å². The molecule has 0 aliphatic carbocycles. The quantitative estimate of drug-likeness (QED) is 0.772. The van der Waals surface area contributed by atoms with Crippen LogP contribution in [0.3, 0.4) is 0 Å². The fourth-order valence-electron chi connectivity index (χ4n) is 1.25. The van der Waals surface area contributed by atoms with Crippen molar-refractivity contribution in [2.24, 2.45) is 0 Å². The summed E-state index contributed by atoms with van der Waals surface area (Å²) in [6.45, 7) is 7.21. The number of hydrogen-bond acceptors (Lipinski definition) is 5. The average molecular weight is 224 g/mol. The van der Waals surface area contributed by atoms with Crippen molar-refractivity contribution in [1.82, 2.24) is 9.97 Å². The number of ether oxygens (including phenoxy) is 1. The Morgan fingerprint density at radius 3 is 2.56 bits per heavy atom. The molecule has 0 spiro atoms. The smallest absolute Gasteiger partial charge is 0.158 e. The first-order chi connectivity index (χ1) is 7.65. The minimum Gasteiger partial charge on any atom is -0.374 e. The van der Waals surface area contributed by atoms with Crippen LogP contribution in [-0.4, -0.2) is 29.7 Å². The molecule has 1 aromatic heterocycles. The predicted octanol–water partition coefficient (Wildman–Crippen LogP) is 1.88. The number of hydrogen-bond donors (Lipinski definition) is 2. The van der Waals surface area contributed by atoms with E-state index in [1.807, 2.05) is 20.0 Å². The summed E-state index contributed by atoms with van der Waals surface area (Å²) in [5.41, 5.74) is 0. The molecule has 16 heavy (non-hydrogen) atoms. The lowest BCUT2D eigenvalue weighted by Gasteiger charge is -2.12. The van der Waals surface area contributed by atoms with Crippen LogP contribution < -0.4 is 10.6 Å². The highest BCUT2D eigenvalue weighted by atomic mass is 16.5. The molecule has 1 aromatic rings. The molecule has 0 atom stereocenters. The molecule has 0 fully saturated rings. The molecule has 0 aliphatic heterocycles. The number of nitrogens with one attached hydrogen (secondary N) is 2. The van der Waals surface area contributed by atoms with Gasteiger partial charge in [0.1, 0.15) is 18.2 Å². The van der Waals surface area contributed by atoms with Crippen molar-refractivity contribution < 1.29 is 4.74 Å². The van der Waals surface area contributed by atoms with E-state index in [9.17, 15) is 0 Å². The van der Waals surface area contributed by atoms with Gasteiger partial charge in [0.25, 0.3) is 0 Å². The van der Waals surface area contributed by atoms with E-state index in [1.165, 1.54) is 0 Å². The summed E-state index contributed by atoms with van der Waals surface area (Å²) in [5, 5.41) is 6.26. The van der Waals surface area contributed by atoms with E-state index in [4.69, 9.17) is 4.74 Å². The third kappa shape index (κ3) is 4.02. The van der Waals surface area contributed by atoms with E-state index in [2.05, 4.69) is 34.4 Å². The third-order valence-corrected chi connectivity index (χ3v) is 1.90. The number of anilines is 2. The minimum atomic E-state index is 0.347. The summed E-state index contributed by atoms with van der Waals surface area (Å²) < 4.78 is 5.30. The molecular formula is C11H20N4O. The largest absolute Gasteiger partial charge is 0.374 e. The Morgan fingerprint density at radius 2 is 2.00 bits per heavy atom. The first-order valence-corrected chi connectivity index (χ1v) is 5.55. The highest BCUT2D eigenvalue weighted by Gasteiger charge is 2.04. The molecule has 0 aromatic carbocycles. The molecule has 90 valence electrons. The zero-order valence-electron chi connectivity index (χ0n) is 10.4. The van der Waals surface area contributed by atoms with Crippen molar-refractivity contribution in [1.29, 1.82) is 0 Å². The Balaban J connectivity index is 2.82. The minimum absolute atomic E-state index is 0.347. The van der Waals surface area contributed by atoms with Crippen LogP contribution in [0.2, 0.25) is 0 Å². The van der Waals surface area contributed by atoms with Crippen LogP contribution in [0.25, 0.3) is 0 Å². The van der Waals surface area contributed by atoms with E-state index in [1.54, 1.807) is 0 Å². The molecule has 2 N–H and O–H groups in total. The Hall–Kier alpha value is -1.36. The van der Waals surface area contributed by atoms with Gasteiger partial charge in [-0.15, -0.1) is 0 Å². The highest BCUT2D eigenvalue weighted by molar-refractivity contribution is 5.47. The van der Waals surface area contributed by atoms with Crippen LogP contribution in [0.4, 0.5) is 11.6 Å². The van der Waals surface area contributed by atoms with Crippen LogP contribution >= 0.6 is 0 Å². The van der Waals surface area contributed by atoms with Gasteiger partial charge in [0, 0.05) is 25.8 Å². The van der Waals surface area contributed by atoms with Gasteiger partial charge in [-0.25, -0.2) is 9.97 Å². The van der Waals surface area contributed by atoms with Gasteiger partial charge in [-0.3, -0.25) is 0 Å². The molecule has 0 bridgehead atoms. The standard InChI is InChI=1S/C11H20N4O/c1-5-16-7-11-14-9(12-4)6-10(15-11)13-8(2)3/h6,8H,5,7H2,1-4H3,(H2,12,13,14,15). The Bertz CT molecular complexity index is 328. The summed E-state index contributed by atoms with van der Waals surface area (Å²) >= 11 is 0. The molecule has 0 radical (unpaired) electrons. The first-order valence-electron chi connectivity index (χ1n) is 5.55. The molecule has 0 saturated carbocycles. The molecule has 5 nitrogen and oxygen atoms in total. The van der Waals surface area contributed by atoms with Crippen LogP contribution in [0.1, 0.15) is 26.6 Å². The van der Waals surface area contributed by atoms with Gasteiger partial charge < -0.3 is 15.4 Å². The van der Waals surface area contributed by atoms with E-state index in [0.717, 1.165) is 11.6 Å². The topological polar surface area (TPSA) is 59.1 Å². The average Bonchev–Trinajstić information content (AvgIpc) is 2.25. The van der Waals surface area contributed by atoms with Crippen LogP contribution in [0.5, 0.6) is 0 Å². The van der Waals surface area contributed by atoms with Crippen LogP contribution in [-0.2, 0) is 11.3 Å². The number of aromatic nitrogens is 2. The van der Waals surface area contributed by atoms with Crippen molar-refractivity contribution in [3.8, 4) is 0 Å². The Labute approximate surface area is 96.6 Å². The van der Waals surface area contributed by atoms with Crippen molar-refractivity contribution in [3.05, 3.63) is 11.9 Å². The van der Waals surface area contributed by atoms with E-state index in [-0.39, 0.29) is 0 Å². The summed E-state index contributed by atoms with van der Waals surface area (Å²) in [7, 11) is 1.84. The van der Waals surface area contributed by atoms with E-state index >= 15 is 0 Å². The Morgan fingerprint density at radius 1 is 1.31 bits per heavy atom. The van der Waals surface area contributed by atoms with Crippen molar-refractivity contribution in [3.63, 3.8) is 0 Å². The lowest BCUT2D eigenvalue weighted by molar-refractivity contribution is 0.128. The molecule has 5 heteroatoms. The maximum absolute atomic E-state index is 5.30. The maximum Gasteiger partial charge on any atom is 0.158 e. The van der Waals surface area contributed by atoms with Gasteiger partial charge in [0.05, 0.1) is 0 Å². The molecule has 0 aliphatic rings. The molecule has 0 unspecified atom stereocenters. The van der Waals surface area contributed by atoms with Crippen LogP contribution in [0, 0.1) is 0 Å². The van der Waals surface area contributed by atoms with Gasteiger partial charge in [0.2, 0.25) is 0 Å². The second kappa shape index (κ2) is 6.27. The van der Waals surface area contributed by atoms with Crippen molar-refractivity contribution >= 4 is 11.6 Å². The zero-order valence-corrected chi connectivity index (χ0v) is 10.4. The van der Waals surface area contributed by atoms with Gasteiger partial charge in [-0.1, -0.05) is 0 Å². The summed E-state index contributed by atoms with van der Waals surface area (Å²) in [6, 6.07) is 2.23. The number of rotatable bonds is 6. The first kappa shape index (κ1) is 12.7. The normalized spacial score (nSPS) is 10.6. The monoisotopic (exact) mass is 224 g/mol. The summed E-state index contributed by atoms with van der Waals surface area (Å²) in [5.74, 6) is 2.31. The van der Waals surface area contributed by atoms with Gasteiger partial charge in [0.15, 0.2) is 5.82 Å². The third-order valence-electron chi connectivity index (χ3n) is 1.90. The molecule has 1 heterocycles. The van der Waals surface area contributed by atoms with Gasteiger partial charge in [-0.2, -0.15) is 0 Å². The lowest BCUT2D eigenvalue weighted by atomic mass is 10.4. The Kier molecular flexibility index (Phi) is 4.98. The predicted molar refractivity (Wildman–Crippen MR) is 65.7 cm³/mol. The fourth-order valence-corrected chi connectivity index (χ4v) is 1.25. The SMILES string of the molecule is CCOCc1nc(NC)cc(NC(C)C)n1. The second-order valence-corrected chi connectivity index (χ2v) is 3.74. The highest BCUT2D eigenvalue weighted by Crippen LogP contribution is 2.12. The zero-order chi connectivity index (χ0) is 12.0. The van der Waals surface area contributed by atoms with Gasteiger partial charge in [-0.05, 0) is 20.8 Å². The summed E-state index contributed by atoms with van der Waals surface area (Å²) in [4.78, 5) is 8.68. The fraction of sp³-hybridized carbons (Fsp3) is 0.636. The van der Waals surface area contributed by atoms with Gasteiger partial charge >= 0.3 is 0 Å². The molecule has 1 rings (SSSR count).